The second-order valence-electron chi connectivity index (χ2n) is 4.22. The summed E-state index contributed by atoms with van der Waals surface area (Å²) in [6.45, 7) is 2.07. The Morgan fingerprint density at radius 3 is 2.67 bits per heavy atom. The molecule has 2 aromatic rings. The average Bonchev–Trinajstić information content (AvgIpc) is 2.78. The van der Waals surface area contributed by atoms with Gasteiger partial charge in [-0.2, -0.15) is 18.0 Å². The smallest absolute Gasteiger partial charge is 0.301 e. The topological polar surface area (TPSA) is 89.3 Å². The number of nitrogens with zero attached hydrogens (tertiary/aromatic N) is 5. The summed E-state index contributed by atoms with van der Waals surface area (Å²) in [4.78, 5) is 18.8. The standard InChI is InChI=1S/C10H11F3N6OS/c1-5-6(2)14-9(15-8(5)20)21-3-7-16-18-19(17-7)4-10(11,12)13/h3-4H2,1-2H3,(H,14,15,20). The number of alkyl halides is 3. The third-order valence-electron chi connectivity index (χ3n) is 2.53. The van der Waals surface area contributed by atoms with Crippen LogP contribution in [0.15, 0.2) is 9.95 Å². The first kappa shape index (κ1) is 15.5. The van der Waals surface area contributed by atoms with E-state index < -0.39 is 12.7 Å². The summed E-state index contributed by atoms with van der Waals surface area (Å²) in [6.07, 6.45) is -4.40. The molecule has 0 fully saturated rings. The van der Waals surface area contributed by atoms with Crippen molar-refractivity contribution in [3.63, 3.8) is 0 Å². The summed E-state index contributed by atoms with van der Waals surface area (Å²) >= 11 is 1.12. The molecule has 11 heteroatoms. The first-order chi connectivity index (χ1) is 9.74. The summed E-state index contributed by atoms with van der Waals surface area (Å²) in [5, 5.41) is 10.8. The third-order valence-corrected chi connectivity index (χ3v) is 3.40. The minimum Gasteiger partial charge on any atom is -0.301 e. The fourth-order valence-electron chi connectivity index (χ4n) is 1.38. The predicted octanol–water partition coefficient (Wildman–Crippen LogP) is 1.23. The number of aryl methyl sites for hydroxylation is 1. The zero-order chi connectivity index (χ0) is 15.6. The third kappa shape index (κ3) is 4.28. The Balaban J connectivity index is 2.02. The molecule has 0 spiro atoms. The molecule has 2 rings (SSSR count). The zero-order valence-corrected chi connectivity index (χ0v) is 11.9. The van der Waals surface area contributed by atoms with Crippen LogP contribution in [-0.2, 0) is 12.3 Å². The highest BCUT2D eigenvalue weighted by molar-refractivity contribution is 7.98. The molecular formula is C10H11F3N6OS. The van der Waals surface area contributed by atoms with Gasteiger partial charge in [-0.15, -0.1) is 10.2 Å². The average molecular weight is 320 g/mol. The molecule has 0 amide bonds. The zero-order valence-electron chi connectivity index (χ0n) is 11.1. The lowest BCUT2D eigenvalue weighted by Gasteiger charge is -2.03. The van der Waals surface area contributed by atoms with Crippen LogP contribution in [0, 0.1) is 13.8 Å². The predicted molar refractivity (Wildman–Crippen MR) is 67.8 cm³/mol. The van der Waals surface area contributed by atoms with Gasteiger partial charge in [-0.1, -0.05) is 11.8 Å². The largest absolute Gasteiger partial charge is 0.409 e. The molecular weight excluding hydrogens is 309 g/mol. The van der Waals surface area contributed by atoms with Crippen molar-refractivity contribution in [2.45, 2.75) is 37.5 Å². The number of H-pyrrole nitrogens is 1. The van der Waals surface area contributed by atoms with Crippen molar-refractivity contribution in [1.29, 1.82) is 0 Å². The van der Waals surface area contributed by atoms with E-state index in [9.17, 15) is 18.0 Å². The number of aromatic nitrogens is 6. The van der Waals surface area contributed by atoms with Gasteiger partial charge in [0.15, 0.2) is 17.5 Å². The van der Waals surface area contributed by atoms with Crippen LogP contribution in [0.2, 0.25) is 0 Å². The molecule has 0 saturated carbocycles. The number of aromatic amines is 1. The fourth-order valence-corrected chi connectivity index (χ4v) is 2.13. The van der Waals surface area contributed by atoms with Crippen LogP contribution >= 0.6 is 11.8 Å². The van der Waals surface area contributed by atoms with Crippen LogP contribution in [0.4, 0.5) is 13.2 Å². The Kier molecular flexibility index (Phi) is 4.30. The molecule has 0 unspecified atom stereocenters. The minimum absolute atomic E-state index is 0.130. The summed E-state index contributed by atoms with van der Waals surface area (Å²) in [6, 6.07) is 0. The minimum atomic E-state index is -4.40. The molecule has 2 aromatic heterocycles. The molecule has 7 nitrogen and oxygen atoms in total. The van der Waals surface area contributed by atoms with Crippen molar-refractivity contribution >= 4 is 11.8 Å². The highest BCUT2D eigenvalue weighted by atomic mass is 32.2. The molecule has 0 saturated heterocycles. The maximum Gasteiger partial charge on any atom is 0.409 e. The Bertz CT molecular complexity index is 695. The molecule has 0 aliphatic carbocycles. The lowest BCUT2D eigenvalue weighted by molar-refractivity contribution is -0.145. The molecule has 0 radical (unpaired) electrons. The lowest BCUT2D eigenvalue weighted by atomic mass is 10.3. The summed E-state index contributed by atoms with van der Waals surface area (Å²) in [7, 11) is 0. The van der Waals surface area contributed by atoms with Crippen LogP contribution < -0.4 is 5.56 Å². The monoisotopic (exact) mass is 320 g/mol. The summed E-state index contributed by atoms with van der Waals surface area (Å²) in [5.41, 5.74) is 0.863. The first-order valence-corrected chi connectivity index (χ1v) is 6.77. The maximum absolute atomic E-state index is 12.1. The highest BCUT2D eigenvalue weighted by Crippen LogP contribution is 2.18. The summed E-state index contributed by atoms with van der Waals surface area (Å²) < 4.78 is 36.4. The SMILES string of the molecule is Cc1nc(SCc2nnn(CC(F)(F)F)n2)[nH]c(=O)c1C. The van der Waals surface area contributed by atoms with E-state index in [1.165, 1.54) is 0 Å². The van der Waals surface area contributed by atoms with E-state index in [2.05, 4.69) is 25.4 Å². The van der Waals surface area contributed by atoms with Crippen LogP contribution in [0.5, 0.6) is 0 Å². The van der Waals surface area contributed by atoms with Gasteiger partial charge >= 0.3 is 6.18 Å². The van der Waals surface area contributed by atoms with E-state index in [1.54, 1.807) is 13.8 Å². The fraction of sp³-hybridized carbons (Fsp3) is 0.500. The maximum atomic E-state index is 12.1. The second-order valence-corrected chi connectivity index (χ2v) is 5.19. The van der Waals surface area contributed by atoms with Crippen molar-refractivity contribution in [1.82, 2.24) is 30.2 Å². The van der Waals surface area contributed by atoms with Gasteiger partial charge in [0, 0.05) is 11.3 Å². The Hall–Kier alpha value is -1.91. The van der Waals surface area contributed by atoms with Crippen molar-refractivity contribution in [3.8, 4) is 0 Å². The van der Waals surface area contributed by atoms with Crippen molar-refractivity contribution in [2.75, 3.05) is 0 Å². The lowest BCUT2D eigenvalue weighted by Crippen LogP contribution is -2.19. The van der Waals surface area contributed by atoms with E-state index in [0.717, 1.165) is 11.8 Å². The van der Waals surface area contributed by atoms with Crippen LogP contribution in [0.3, 0.4) is 0 Å². The molecule has 0 bridgehead atoms. The van der Waals surface area contributed by atoms with Gasteiger partial charge in [0.2, 0.25) is 0 Å². The van der Waals surface area contributed by atoms with Gasteiger partial charge in [-0.3, -0.25) is 4.79 Å². The van der Waals surface area contributed by atoms with E-state index in [4.69, 9.17) is 0 Å². The molecule has 2 heterocycles. The number of halogens is 3. The Morgan fingerprint density at radius 1 is 1.33 bits per heavy atom. The van der Waals surface area contributed by atoms with E-state index >= 15 is 0 Å². The molecule has 1 N–H and O–H groups in total. The van der Waals surface area contributed by atoms with Crippen LogP contribution in [0.25, 0.3) is 0 Å². The number of tetrazole rings is 1. The first-order valence-electron chi connectivity index (χ1n) is 5.78. The Labute approximate surface area is 121 Å². The quantitative estimate of drug-likeness (QED) is 0.673. The molecule has 0 aliphatic rings. The van der Waals surface area contributed by atoms with Gasteiger partial charge in [-0.25, -0.2) is 4.98 Å². The van der Waals surface area contributed by atoms with Crippen LogP contribution in [-0.4, -0.2) is 36.4 Å². The molecule has 0 aliphatic heterocycles. The van der Waals surface area contributed by atoms with E-state index in [0.29, 0.717) is 21.2 Å². The number of hydrogen-bond acceptors (Lipinski definition) is 6. The van der Waals surface area contributed by atoms with Gasteiger partial charge < -0.3 is 4.98 Å². The van der Waals surface area contributed by atoms with Gasteiger partial charge in [0.1, 0.15) is 0 Å². The second kappa shape index (κ2) is 5.84. The number of thioether (sulfide) groups is 1. The van der Waals surface area contributed by atoms with Gasteiger partial charge in [0.25, 0.3) is 5.56 Å². The van der Waals surface area contributed by atoms with Crippen molar-refractivity contribution in [2.24, 2.45) is 0 Å². The molecule has 0 aromatic carbocycles. The molecule has 0 atom stereocenters. The van der Waals surface area contributed by atoms with Gasteiger partial charge in [0.05, 0.1) is 5.75 Å². The molecule has 21 heavy (non-hydrogen) atoms. The number of rotatable bonds is 4. The highest BCUT2D eigenvalue weighted by Gasteiger charge is 2.29. The molecule has 114 valence electrons. The van der Waals surface area contributed by atoms with E-state index in [-0.39, 0.29) is 17.1 Å². The van der Waals surface area contributed by atoms with Crippen molar-refractivity contribution < 1.29 is 13.2 Å². The van der Waals surface area contributed by atoms with Crippen LogP contribution in [0.1, 0.15) is 17.1 Å². The number of hydrogen-bond donors (Lipinski definition) is 1. The number of nitrogens with one attached hydrogen (secondary N) is 1. The normalized spacial score (nSPS) is 11.9. The van der Waals surface area contributed by atoms with E-state index in [1.807, 2.05) is 0 Å². The van der Waals surface area contributed by atoms with Gasteiger partial charge in [-0.05, 0) is 19.1 Å². The Morgan fingerprint density at radius 2 is 2.05 bits per heavy atom. The summed E-state index contributed by atoms with van der Waals surface area (Å²) in [5.74, 6) is 0.286. The van der Waals surface area contributed by atoms with Crippen molar-refractivity contribution in [3.05, 3.63) is 27.4 Å².